The summed E-state index contributed by atoms with van der Waals surface area (Å²) < 4.78 is 34.7. The van der Waals surface area contributed by atoms with Gasteiger partial charge in [-0.05, 0) is 12.8 Å². The zero-order chi connectivity index (χ0) is 36.6. The first-order chi connectivity index (χ1) is 25.4. The van der Waals surface area contributed by atoms with E-state index >= 15 is 0 Å². The number of hydrogen-bond donors (Lipinski definition) is 0. The maximum Gasteiger partial charge on any atom is 0.509 e. The fourth-order valence-electron chi connectivity index (χ4n) is 8.17. The molecule has 8 rings (SSSR count). The van der Waals surface area contributed by atoms with Crippen molar-refractivity contribution in [3.8, 4) is 0 Å². The Labute approximate surface area is 338 Å². The second-order valence-electron chi connectivity index (χ2n) is 12.8. The third-order valence-corrected chi connectivity index (χ3v) is 17.1. The fraction of sp³-hybridized carbons (Fsp3) is 0.300. The van der Waals surface area contributed by atoms with Crippen molar-refractivity contribution in [3.05, 3.63) is 97.1 Å². The number of nitrogens with zero attached hydrogens (tertiary/aromatic N) is 4. The van der Waals surface area contributed by atoms with Gasteiger partial charge in [0.25, 0.3) is 0 Å². The minimum atomic E-state index is -2.88. The first-order valence-corrected chi connectivity index (χ1v) is 21.0. The molecule has 4 aromatic heterocycles. The predicted molar refractivity (Wildman–Crippen MR) is 232 cm³/mol. The van der Waals surface area contributed by atoms with Gasteiger partial charge >= 0.3 is 17.6 Å². The van der Waals surface area contributed by atoms with Gasteiger partial charge < -0.3 is 26.6 Å². The minimum Gasteiger partial charge on any atom is -0.376 e. The van der Waals surface area contributed by atoms with E-state index in [4.69, 9.17) is 36.5 Å². The molecule has 284 valence electrons. The Bertz CT molecular complexity index is 2270. The summed E-state index contributed by atoms with van der Waals surface area (Å²) in [6.45, 7) is 4.24. The molecule has 0 aliphatic rings. The van der Waals surface area contributed by atoms with Gasteiger partial charge in [0.05, 0.1) is 22.5 Å². The average molecular weight is 895 g/mol. The van der Waals surface area contributed by atoms with Crippen molar-refractivity contribution in [1.29, 1.82) is 0 Å². The molecule has 2 unspecified atom stereocenters. The first kappa shape index (κ1) is 41.9. The Morgan fingerprint density at radius 2 is 0.704 bits per heavy atom. The quantitative estimate of drug-likeness (QED) is 0.0870. The summed E-state index contributed by atoms with van der Waals surface area (Å²) in [7, 11) is 4.18. The second-order valence-corrected chi connectivity index (χ2v) is 19.1. The van der Waals surface area contributed by atoms with Gasteiger partial charge in [0.15, 0.2) is 0 Å². The van der Waals surface area contributed by atoms with Crippen LogP contribution in [0.2, 0.25) is 0 Å². The Morgan fingerprint density at radius 3 is 0.981 bits per heavy atom. The highest BCUT2D eigenvalue weighted by Crippen LogP contribution is 2.42. The lowest BCUT2D eigenvalue weighted by Gasteiger charge is -2.32. The number of rotatable bonds is 12. The van der Waals surface area contributed by atoms with E-state index in [1.165, 1.54) is 21.5 Å². The van der Waals surface area contributed by atoms with Crippen LogP contribution in [0.3, 0.4) is 0 Å². The molecule has 4 heterocycles. The number of halogens is 2. The lowest BCUT2D eigenvalue weighted by molar-refractivity contribution is 0.110. The topological polar surface area (TPSA) is 107 Å². The van der Waals surface area contributed by atoms with Crippen LogP contribution in [-0.4, -0.2) is 80.2 Å². The van der Waals surface area contributed by atoms with E-state index in [9.17, 15) is 0 Å². The average Bonchev–Trinajstić information content (AvgIpc) is 3.21. The molecule has 0 amide bonds. The van der Waals surface area contributed by atoms with Crippen LogP contribution < -0.4 is 0 Å². The highest BCUT2D eigenvalue weighted by molar-refractivity contribution is 8.93. The van der Waals surface area contributed by atoms with Crippen molar-refractivity contribution in [2.45, 2.75) is 37.8 Å². The van der Waals surface area contributed by atoms with Gasteiger partial charge in [0.2, 0.25) is 0 Å². The smallest absolute Gasteiger partial charge is 0.376 e. The summed E-state index contributed by atoms with van der Waals surface area (Å²) in [6, 6.07) is 16.9. The molecular weight excluding hydrogens is 848 g/mol. The molecule has 54 heavy (non-hydrogen) atoms. The maximum atomic E-state index is 5.78. The lowest BCUT2D eigenvalue weighted by Crippen LogP contribution is -2.49. The van der Waals surface area contributed by atoms with E-state index in [0.29, 0.717) is 0 Å². The first-order valence-electron chi connectivity index (χ1n) is 17.4. The van der Waals surface area contributed by atoms with Crippen LogP contribution in [0.5, 0.6) is 0 Å². The molecule has 0 aliphatic heterocycles. The number of pyridine rings is 4. The molecule has 0 fully saturated rings. The molecule has 0 radical (unpaired) electrons. The van der Waals surface area contributed by atoms with Crippen LogP contribution >= 0.6 is 34.0 Å². The summed E-state index contributed by atoms with van der Waals surface area (Å²) >= 11 is 0. The van der Waals surface area contributed by atoms with Gasteiger partial charge in [-0.15, -0.1) is 34.0 Å². The van der Waals surface area contributed by atoms with Crippen LogP contribution in [0.4, 0.5) is 0 Å². The Hall–Kier alpha value is -3.29. The van der Waals surface area contributed by atoms with Gasteiger partial charge in [-0.2, -0.15) is 0 Å². The number of aromatic nitrogens is 4. The normalized spacial score (nSPS) is 13.3. The van der Waals surface area contributed by atoms with E-state index in [1.54, 1.807) is 42.7 Å². The lowest BCUT2D eigenvalue weighted by atomic mass is 9.95. The highest BCUT2D eigenvalue weighted by Gasteiger charge is 2.49. The molecule has 10 nitrogen and oxygen atoms in total. The molecule has 0 N–H and O–H groups in total. The van der Waals surface area contributed by atoms with Crippen LogP contribution in [0, 0.1) is 0 Å². The van der Waals surface area contributed by atoms with E-state index in [0.717, 1.165) is 67.3 Å². The Kier molecular flexibility index (Phi) is 13.4. The van der Waals surface area contributed by atoms with Crippen LogP contribution in [0.15, 0.2) is 85.7 Å². The fourth-order valence-corrected chi connectivity index (χ4v) is 13.0. The Morgan fingerprint density at radius 1 is 0.426 bits per heavy atom. The summed E-state index contributed by atoms with van der Waals surface area (Å²) in [5.41, 5.74) is 1.88. The molecule has 0 saturated carbocycles. The summed E-state index contributed by atoms with van der Waals surface area (Å²) in [4.78, 5) is 18.4. The molecule has 0 spiro atoms. The Balaban J connectivity index is 0.000000200. The number of hydrogen-bond acceptors (Lipinski definition) is 10. The minimum absolute atomic E-state index is 0. The van der Waals surface area contributed by atoms with Gasteiger partial charge in [0.1, 0.15) is 0 Å². The van der Waals surface area contributed by atoms with Crippen LogP contribution in [-0.2, 0) is 26.6 Å². The largest absolute Gasteiger partial charge is 0.509 e. The SMILES string of the molecule is Br.Br.CCC(c1ncc2ccc3cncc4ccc1c2c34)[Si](OC)(OC)OC.CCC(c1ncc2ccc3cncc4ccc1c2c34)[Si](OC)(OC)OC. The molecule has 4 aromatic carbocycles. The van der Waals surface area contributed by atoms with Crippen molar-refractivity contribution < 1.29 is 26.6 Å². The van der Waals surface area contributed by atoms with E-state index in [-0.39, 0.29) is 45.0 Å². The summed E-state index contributed by atoms with van der Waals surface area (Å²) in [5.74, 6) is 0. The van der Waals surface area contributed by atoms with Crippen molar-refractivity contribution in [2.24, 2.45) is 0 Å². The second kappa shape index (κ2) is 17.2. The standard InChI is InChI=1S/2C20H22N2O3Si.2BrH/c2*1-5-17(26(23-2,24-3)25-4)20-16-9-8-14-11-21-10-13-6-7-15(12-22-20)19(16)18(13)14;;/h2*6-12,17H,5H2,1-4H3;2*1H. The zero-order valence-electron chi connectivity index (χ0n) is 31.7. The monoisotopic (exact) mass is 892 g/mol. The maximum absolute atomic E-state index is 5.78. The van der Waals surface area contributed by atoms with E-state index < -0.39 is 17.6 Å². The van der Waals surface area contributed by atoms with Gasteiger partial charge in [-0.1, -0.05) is 62.4 Å². The molecule has 2 atom stereocenters. The van der Waals surface area contributed by atoms with Gasteiger partial charge in [0, 0.05) is 144 Å². The zero-order valence-corrected chi connectivity index (χ0v) is 37.1. The van der Waals surface area contributed by atoms with Crippen molar-refractivity contribution >= 4 is 116 Å². The third kappa shape index (κ3) is 6.69. The van der Waals surface area contributed by atoms with E-state index in [2.05, 4.69) is 72.3 Å². The molecule has 14 heteroatoms. The van der Waals surface area contributed by atoms with Crippen LogP contribution in [0.1, 0.15) is 49.2 Å². The predicted octanol–water partition coefficient (Wildman–Crippen LogP) is 9.73. The number of benzene rings is 4. The molecule has 8 aromatic rings. The van der Waals surface area contributed by atoms with Gasteiger partial charge in [-0.3, -0.25) is 19.9 Å². The third-order valence-electron chi connectivity index (χ3n) is 10.6. The highest BCUT2D eigenvalue weighted by atomic mass is 79.9. The van der Waals surface area contributed by atoms with E-state index in [1.807, 2.05) is 37.2 Å². The molecule has 0 bridgehead atoms. The van der Waals surface area contributed by atoms with Crippen LogP contribution in [0.25, 0.3) is 64.6 Å². The summed E-state index contributed by atoms with van der Waals surface area (Å²) in [5, 5.41) is 14.0. The van der Waals surface area contributed by atoms with Crippen molar-refractivity contribution in [1.82, 2.24) is 19.9 Å². The summed E-state index contributed by atoms with van der Waals surface area (Å²) in [6.07, 6.45) is 13.2. The van der Waals surface area contributed by atoms with Crippen molar-refractivity contribution in [3.63, 3.8) is 0 Å². The van der Waals surface area contributed by atoms with Crippen molar-refractivity contribution in [2.75, 3.05) is 42.7 Å². The van der Waals surface area contributed by atoms with Gasteiger partial charge in [-0.25, -0.2) is 0 Å². The molecular formula is C40H46Br2N4O6Si2. The molecule has 0 aliphatic carbocycles. The molecule has 0 saturated heterocycles.